The summed E-state index contributed by atoms with van der Waals surface area (Å²) in [6.45, 7) is 10.5. The van der Waals surface area contributed by atoms with Crippen molar-refractivity contribution in [1.82, 2.24) is 19.9 Å². The number of hydrogen-bond donors (Lipinski definition) is 2. The molecular formula is C26H38N6O4. The van der Waals surface area contributed by atoms with E-state index in [0.717, 1.165) is 31.5 Å². The zero-order valence-corrected chi connectivity index (χ0v) is 21.7. The van der Waals surface area contributed by atoms with Gasteiger partial charge in [0.2, 0.25) is 0 Å². The molecule has 36 heavy (non-hydrogen) atoms. The van der Waals surface area contributed by atoms with Gasteiger partial charge in [-0.1, -0.05) is 44.2 Å². The van der Waals surface area contributed by atoms with Crippen molar-refractivity contribution in [3.8, 4) is 0 Å². The van der Waals surface area contributed by atoms with Gasteiger partial charge in [0.15, 0.2) is 5.82 Å². The van der Waals surface area contributed by atoms with Crippen LogP contribution in [0.1, 0.15) is 46.1 Å². The topological polar surface area (TPSA) is 109 Å². The van der Waals surface area contributed by atoms with Gasteiger partial charge in [-0.05, 0) is 32.3 Å². The summed E-state index contributed by atoms with van der Waals surface area (Å²) in [4.78, 5) is 35.9. The first-order valence-electron chi connectivity index (χ1n) is 12.6. The van der Waals surface area contributed by atoms with E-state index in [1.165, 1.54) is 6.33 Å². The van der Waals surface area contributed by atoms with Crippen LogP contribution < -0.4 is 10.7 Å². The Morgan fingerprint density at radius 1 is 1.14 bits per heavy atom. The number of aromatic nitrogens is 2. The molecule has 0 aliphatic carbocycles. The predicted molar refractivity (Wildman–Crippen MR) is 138 cm³/mol. The standard InChI is InChI=1S/C26H38N6O4/c1-5-32(6-2)30-22-17-27-19-28-23(22)29-21(16-20-12-8-7-9-13-20)24(33)36-26(3,4)18-35-25(34)31-14-10-11-15-31/h7-9,12-13,17,19,21,30H,5-6,10-11,14-16,18H2,1-4H3,(H,27,28,29). The van der Waals surface area contributed by atoms with E-state index in [1.807, 2.05) is 49.2 Å². The molecule has 1 saturated heterocycles. The minimum atomic E-state index is -1.00. The molecule has 0 spiro atoms. The third-order valence-electron chi connectivity index (χ3n) is 5.92. The number of nitrogens with zero attached hydrogens (tertiary/aromatic N) is 4. The Balaban J connectivity index is 1.72. The van der Waals surface area contributed by atoms with Crippen LogP contribution in [-0.2, 0) is 20.7 Å². The molecule has 3 rings (SSSR count). The van der Waals surface area contributed by atoms with E-state index in [2.05, 4.69) is 20.7 Å². The first kappa shape index (κ1) is 27.2. The highest BCUT2D eigenvalue weighted by molar-refractivity contribution is 5.81. The van der Waals surface area contributed by atoms with Gasteiger partial charge in [0.25, 0.3) is 0 Å². The highest BCUT2D eigenvalue weighted by Crippen LogP contribution is 2.22. The predicted octanol–water partition coefficient (Wildman–Crippen LogP) is 3.72. The number of nitrogens with one attached hydrogen (secondary N) is 2. The lowest BCUT2D eigenvalue weighted by Gasteiger charge is -2.29. The number of amides is 1. The summed E-state index contributed by atoms with van der Waals surface area (Å²) < 4.78 is 11.3. The maximum atomic E-state index is 13.4. The average Bonchev–Trinajstić information content (AvgIpc) is 3.42. The van der Waals surface area contributed by atoms with E-state index < -0.39 is 17.6 Å². The first-order chi connectivity index (χ1) is 17.3. The Morgan fingerprint density at radius 3 is 2.50 bits per heavy atom. The van der Waals surface area contributed by atoms with E-state index in [4.69, 9.17) is 9.47 Å². The lowest BCUT2D eigenvalue weighted by atomic mass is 10.1. The van der Waals surface area contributed by atoms with Gasteiger partial charge < -0.3 is 25.1 Å². The molecule has 1 amide bonds. The van der Waals surface area contributed by atoms with Crippen molar-refractivity contribution in [2.45, 2.75) is 58.6 Å². The summed E-state index contributed by atoms with van der Waals surface area (Å²) in [5.41, 5.74) is 3.92. The third kappa shape index (κ3) is 8.08. The largest absolute Gasteiger partial charge is 0.454 e. The van der Waals surface area contributed by atoms with E-state index >= 15 is 0 Å². The van der Waals surface area contributed by atoms with Crippen molar-refractivity contribution in [3.63, 3.8) is 0 Å². The molecule has 0 saturated carbocycles. The minimum Gasteiger partial charge on any atom is -0.454 e. The van der Waals surface area contributed by atoms with Crippen molar-refractivity contribution in [3.05, 3.63) is 48.4 Å². The average molecular weight is 499 g/mol. The molecule has 1 atom stereocenters. The van der Waals surface area contributed by atoms with Crippen molar-refractivity contribution < 1.29 is 19.1 Å². The van der Waals surface area contributed by atoms with Crippen molar-refractivity contribution in [2.24, 2.45) is 0 Å². The quantitative estimate of drug-likeness (QED) is 0.334. The fourth-order valence-corrected chi connectivity index (χ4v) is 3.89. The second-order valence-corrected chi connectivity index (χ2v) is 9.39. The molecule has 0 bridgehead atoms. The van der Waals surface area contributed by atoms with Crippen molar-refractivity contribution >= 4 is 23.6 Å². The molecule has 1 fully saturated rings. The smallest absolute Gasteiger partial charge is 0.409 e. The van der Waals surface area contributed by atoms with Gasteiger partial charge in [0.1, 0.15) is 30.3 Å². The van der Waals surface area contributed by atoms with Gasteiger partial charge in [-0.15, -0.1) is 0 Å². The Bertz CT molecular complexity index is 977. The second-order valence-electron chi connectivity index (χ2n) is 9.39. The van der Waals surface area contributed by atoms with Gasteiger partial charge in [-0.3, -0.25) is 0 Å². The van der Waals surface area contributed by atoms with Crippen LogP contribution >= 0.6 is 0 Å². The summed E-state index contributed by atoms with van der Waals surface area (Å²) in [7, 11) is 0. The van der Waals surface area contributed by atoms with Gasteiger partial charge in [-0.25, -0.2) is 24.6 Å². The summed E-state index contributed by atoms with van der Waals surface area (Å²) >= 11 is 0. The number of hydrogen-bond acceptors (Lipinski definition) is 9. The number of hydrazine groups is 1. The maximum absolute atomic E-state index is 13.4. The molecule has 196 valence electrons. The van der Waals surface area contributed by atoms with Crippen LogP contribution in [0.25, 0.3) is 0 Å². The molecule has 1 unspecified atom stereocenters. The van der Waals surface area contributed by atoms with E-state index in [0.29, 0.717) is 31.0 Å². The Hall–Kier alpha value is -3.40. The zero-order chi connectivity index (χ0) is 26.0. The number of carbonyl (C=O) groups excluding carboxylic acids is 2. The molecule has 2 N–H and O–H groups in total. The summed E-state index contributed by atoms with van der Waals surface area (Å²) in [6.07, 6.45) is 5.08. The maximum Gasteiger partial charge on any atom is 0.409 e. The van der Waals surface area contributed by atoms with E-state index in [9.17, 15) is 9.59 Å². The number of ether oxygens (including phenoxy) is 2. The van der Waals surface area contributed by atoms with Gasteiger partial charge in [0, 0.05) is 32.6 Å². The van der Waals surface area contributed by atoms with Crippen LogP contribution in [0.15, 0.2) is 42.9 Å². The SMILES string of the molecule is CCN(CC)Nc1cncnc1NC(Cc1ccccc1)C(=O)OC(C)(C)COC(=O)N1CCCC1. The van der Waals surface area contributed by atoms with Crippen LogP contribution in [0.2, 0.25) is 0 Å². The zero-order valence-electron chi connectivity index (χ0n) is 21.7. The summed E-state index contributed by atoms with van der Waals surface area (Å²) in [6, 6.07) is 8.97. The van der Waals surface area contributed by atoms with Crippen LogP contribution in [0.4, 0.5) is 16.3 Å². The third-order valence-corrected chi connectivity index (χ3v) is 5.92. The molecule has 1 aliphatic rings. The van der Waals surface area contributed by atoms with E-state index in [-0.39, 0.29) is 12.7 Å². The van der Waals surface area contributed by atoms with E-state index in [1.54, 1.807) is 24.9 Å². The molecule has 1 aromatic heterocycles. The lowest BCUT2D eigenvalue weighted by Crippen LogP contribution is -2.43. The fraction of sp³-hybridized carbons (Fsp3) is 0.538. The number of carbonyl (C=O) groups is 2. The molecule has 10 heteroatoms. The highest BCUT2D eigenvalue weighted by atomic mass is 16.6. The first-order valence-corrected chi connectivity index (χ1v) is 12.6. The van der Waals surface area contributed by atoms with Crippen LogP contribution in [0.5, 0.6) is 0 Å². The van der Waals surface area contributed by atoms with Gasteiger partial charge in [0.05, 0.1) is 6.20 Å². The minimum absolute atomic E-state index is 0.0333. The number of rotatable bonds is 12. The van der Waals surface area contributed by atoms with Crippen LogP contribution in [-0.4, -0.2) is 76.4 Å². The molecule has 2 heterocycles. The molecule has 0 radical (unpaired) electrons. The summed E-state index contributed by atoms with van der Waals surface area (Å²) in [5, 5.41) is 5.26. The Kier molecular flexibility index (Phi) is 9.86. The molecule has 10 nitrogen and oxygen atoms in total. The fourth-order valence-electron chi connectivity index (χ4n) is 3.89. The number of likely N-dealkylation sites (tertiary alicyclic amines) is 1. The molecular weight excluding hydrogens is 460 g/mol. The lowest BCUT2D eigenvalue weighted by molar-refractivity contribution is -0.161. The van der Waals surface area contributed by atoms with Crippen molar-refractivity contribution in [1.29, 1.82) is 0 Å². The molecule has 1 aromatic carbocycles. The Labute approximate surface area is 213 Å². The monoisotopic (exact) mass is 498 g/mol. The Morgan fingerprint density at radius 2 is 1.83 bits per heavy atom. The molecule has 1 aliphatic heterocycles. The highest BCUT2D eigenvalue weighted by Gasteiger charge is 2.31. The van der Waals surface area contributed by atoms with Crippen LogP contribution in [0.3, 0.4) is 0 Å². The number of benzene rings is 1. The van der Waals surface area contributed by atoms with Crippen molar-refractivity contribution in [2.75, 3.05) is 43.5 Å². The normalized spacial score (nSPS) is 14.4. The van der Waals surface area contributed by atoms with Gasteiger partial charge in [-0.2, -0.15) is 0 Å². The molecule has 2 aromatic rings. The van der Waals surface area contributed by atoms with Gasteiger partial charge >= 0.3 is 12.1 Å². The number of anilines is 2. The van der Waals surface area contributed by atoms with Crippen LogP contribution in [0, 0.1) is 0 Å². The summed E-state index contributed by atoms with van der Waals surface area (Å²) in [5.74, 6) is 0.0292. The number of esters is 1. The second kappa shape index (κ2) is 13.1.